The molecule has 1 saturated heterocycles. The molecular weight excluding hydrogens is 430 g/mol. The van der Waals surface area contributed by atoms with Crippen molar-refractivity contribution in [2.75, 3.05) is 13.1 Å². The fraction of sp³-hybridized carbons (Fsp3) is 0.556. The summed E-state index contributed by atoms with van der Waals surface area (Å²) in [5, 5.41) is 4.32. The molecule has 4 heterocycles. The van der Waals surface area contributed by atoms with Crippen molar-refractivity contribution in [2.45, 2.75) is 44.2 Å². The SMILES string of the molecule is O=C(C1CC(C(F)(F)F)Cc2nn(Cc3ccc(Cl)nc3)c(=O)n21)N1CCC(F)C1. The van der Waals surface area contributed by atoms with E-state index in [9.17, 15) is 27.2 Å². The van der Waals surface area contributed by atoms with Crippen LogP contribution in [0.25, 0.3) is 0 Å². The van der Waals surface area contributed by atoms with Gasteiger partial charge in [-0.15, -0.1) is 0 Å². The van der Waals surface area contributed by atoms with Crippen LogP contribution in [0.2, 0.25) is 5.15 Å². The van der Waals surface area contributed by atoms with Gasteiger partial charge in [0.2, 0.25) is 5.91 Å². The maximum absolute atomic E-state index is 13.5. The third kappa shape index (κ3) is 3.94. The second kappa shape index (κ2) is 7.68. The summed E-state index contributed by atoms with van der Waals surface area (Å²) in [5.74, 6) is -2.60. The number of halogens is 5. The molecule has 0 saturated carbocycles. The Balaban J connectivity index is 1.70. The molecular formula is C18H18ClF4N5O2. The van der Waals surface area contributed by atoms with Crippen LogP contribution in [0.1, 0.15) is 30.3 Å². The van der Waals surface area contributed by atoms with Crippen LogP contribution in [0.5, 0.6) is 0 Å². The van der Waals surface area contributed by atoms with Crippen molar-refractivity contribution >= 4 is 17.5 Å². The molecule has 2 aromatic heterocycles. The van der Waals surface area contributed by atoms with Crippen molar-refractivity contribution in [3.8, 4) is 0 Å². The quantitative estimate of drug-likeness (QED) is 0.535. The van der Waals surface area contributed by atoms with E-state index >= 15 is 0 Å². The highest BCUT2D eigenvalue weighted by Gasteiger charge is 2.48. The van der Waals surface area contributed by atoms with Gasteiger partial charge in [-0.2, -0.15) is 18.3 Å². The minimum Gasteiger partial charge on any atom is -0.338 e. The largest absolute Gasteiger partial charge is 0.392 e. The number of carbonyl (C=O) groups is 1. The Morgan fingerprint density at radius 3 is 2.67 bits per heavy atom. The van der Waals surface area contributed by atoms with Crippen molar-refractivity contribution in [3.63, 3.8) is 0 Å². The van der Waals surface area contributed by atoms with Gasteiger partial charge in [-0.05, 0) is 24.5 Å². The number of pyridine rings is 1. The van der Waals surface area contributed by atoms with Crippen molar-refractivity contribution in [1.82, 2.24) is 24.2 Å². The molecule has 7 nitrogen and oxygen atoms in total. The van der Waals surface area contributed by atoms with Gasteiger partial charge >= 0.3 is 11.9 Å². The summed E-state index contributed by atoms with van der Waals surface area (Å²) in [5.41, 5.74) is -0.109. The summed E-state index contributed by atoms with van der Waals surface area (Å²) in [7, 11) is 0. The van der Waals surface area contributed by atoms with Gasteiger partial charge in [-0.3, -0.25) is 9.36 Å². The van der Waals surface area contributed by atoms with Crippen LogP contribution in [-0.2, 0) is 17.8 Å². The summed E-state index contributed by atoms with van der Waals surface area (Å²) in [4.78, 5) is 30.9. The normalized spacial score (nSPS) is 24.2. The number of fused-ring (bicyclic) bond motifs is 1. The van der Waals surface area contributed by atoms with E-state index in [-0.39, 0.29) is 37.0 Å². The first-order valence-corrected chi connectivity index (χ1v) is 9.79. The Hall–Kier alpha value is -2.43. The number of rotatable bonds is 3. The smallest absolute Gasteiger partial charge is 0.338 e. The molecule has 2 aliphatic heterocycles. The fourth-order valence-electron chi connectivity index (χ4n) is 3.96. The van der Waals surface area contributed by atoms with Crippen molar-refractivity contribution < 1.29 is 22.4 Å². The molecule has 4 rings (SSSR count). The van der Waals surface area contributed by atoms with Crippen LogP contribution >= 0.6 is 11.6 Å². The average molecular weight is 448 g/mol. The first-order valence-electron chi connectivity index (χ1n) is 9.41. The number of likely N-dealkylation sites (tertiary alicyclic amines) is 1. The Morgan fingerprint density at radius 1 is 1.30 bits per heavy atom. The zero-order chi connectivity index (χ0) is 21.6. The predicted molar refractivity (Wildman–Crippen MR) is 97.8 cm³/mol. The molecule has 0 radical (unpaired) electrons. The average Bonchev–Trinajstić information content (AvgIpc) is 3.25. The summed E-state index contributed by atoms with van der Waals surface area (Å²) in [6.07, 6.45) is -5.27. The minimum atomic E-state index is -4.54. The van der Waals surface area contributed by atoms with Gasteiger partial charge in [0.25, 0.3) is 0 Å². The highest BCUT2D eigenvalue weighted by Crippen LogP contribution is 2.39. The van der Waals surface area contributed by atoms with Crippen molar-refractivity contribution in [2.24, 2.45) is 5.92 Å². The third-order valence-corrected chi connectivity index (χ3v) is 5.72. The lowest BCUT2D eigenvalue weighted by Gasteiger charge is -2.32. The fourth-order valence-corrected chi connectivity index (χ4v) is 4.07. The highest BCUT2D eigenvalue weighted by atomic mass is 35.5. The van der Waals surface area contributed by atoms with E-state index in [1.807, 2.05) is 0 Å². The third-order valence-electron chi connectivity index (χ3n) is 5.50. The molecule has 2 aromatic rings. The molecule has 162 valence electrons. The van der Waals surface area contributed by atoms with E-state index in [1.54, 1.807) is 6.07 Å². The highest BCUT2D eigenvalue weighted by molar-refractivity contribution is 6.29. The van der Waals surface area contributed by atoms with Crippen LogP contribution in [-0.4, -0.2) is 55.6 Å². The maximum Gasteiger partial charge on any atom is 0.392 e. The molecule has 12 heteroatoms. The summed E-state index contributed by atoms with van der Waals surface area (Å²) < 4.78 is 56.0. The molecule has 0 aromatic carbocycles. The number of aromatic nitrogens is 4. The van der Waals surface area contributed by atoms with Gasteiger partial charge in [0.1, 0.15) is 23.2 Å². The molecule has 0 aliphatic carbocycles. The molecule has 30 heavy (non-hydrogen) atoms. The van der Waals surface area contributed by atoms with Crippen molar-refractivity contribution in [1.29, 1.82) is 0 Å². The minimum absolute atomic E-state index is 0.0309. The van der Waals surface area contributed by atoms with Crippen LogP contribution < -0.4 is 5.69 Å². The lowest BCUT2D eigenvalue weighted by atomic mass is 9.91. The number of alkyl halides is 4. The van der Waals surface area contributed by atoms with E-state index < -0.39 is 48.7 Å². The Kier molecular flexibility index (Phi) is 5.33. The number of hydrogen-bond acceptors (Lipinski definition) is 4. The first-order chi connectivity index (χ1) is 14.1. The van der Waals surface area contributed by atoms with E-state index in [2.05, 4.69) is 10.1 Å². The molecule has 1 amide bonds. The van der Waals surface area contributed by atoms with E-state index in [4.69, 9.17) is 11.6 Å². The van der Waals surface area contributed by atoms with Gasteiger partial charge in [-0.1, -0.05) is 17.7 Å². The van der Waals surface area contributed by atoms with Crippen LogP contribution in [0, 0.1) is 5.92 Å². The van der Waals surface area contributed by atoms with Gasteiger partial charge in [0, 0.05) is 19.2 Å². The van der Waals surface area contributed by atoms with Gasteiger partial charge < -0.3 is 4.90 Å². The second-order valence-electron chi connectivity index (χ2n) is 7.58. The van der Waals surface area contributed by atoms with E-state index in [1.165, 1.54) is 17.2 Å². The van der Waals surface area contributed by atoms with E-state index in [0.29, 0.717) is 5.56 Å². The van der Waals surface area contributed by atoms with E-state index in [0.717, 1.165) is 9.25 Å². The summed E-state index contributed by atoms with van der Waals surface area (Å²) >= 11 is 5.74. The zero-order valence-electron chi connectivity index (χ0n) is 15.6. The molecule has 3 atom stereocenters. The Labute approximate surface area is 173 Å². The first kappa shape index (κ1) is 20.8. The van der Waals surface area contributed by atoms with Crippen LogP contribution in [0.15, 0.2) is 23.1 Å². The Morgan fingerprint density at radius 2 is 2.07 bits per heavy atom. The molecule has 3 unspecified atom stereocenters. The van der Waals surface area contributed by atoms with Crippen LogP contribution in [0.4, 0.5) is 17.6 Å². The van der Waals surface area contributed by atoms with Gasteiger partial charge in [0.05, 0.1) is 19.0 Å². The van der Waals surface area contributed by atoms with Crippen molar-refractivity contribution in [3.05, 3.63) is 45.4 Å². The molecule has 0 spiro atoms. The number of carbonyl (C=O) groups excluding carboxylic acids is 1. The summed E-state index contributed by atoms with van der Waals surface area (Å²) in [6, 6.07) is 1.77. The Bertz CT molecular complexity index is 1000. The number of amides is 1. The second-order valence-corrected chi connectivity index (χ2v) is 7.97. The van der Waals surface area contributed by atoms with Gasteiger partial charge in [0.15, 0.2) is 0 Å². The predicted octanol–water partition coefficient (Wildman–Crippen LogP) is 2.38. The molecule has 1 fully saturated rings. The monoisotopic (exact) mass is 447 g/mol. The molecule has 0 bridgehead atoms. The van der Waals surface area contributed by atoms with Crippen LogP contribution in [0.3, 0.4) is 0 Å². The maximum atomic E-state index is 13.5. The topological polar surface area (TPSA) is 73.0 Å². The lowest BCUT2D eigenvalue weighted by Crippen LogP contribution is -2.45. The molecule has 0 N–H and O–H groups in total. The zero-order valence-corrected chi connectivity index (χ0v) is 16.4. The standard InChI is InChI=1S/C18H18ClF4N5O2/c19-14-2-1-10(7-24-14)8-27-17(30)28-13(16(29)26-4-3-12(20)9-26)5-11(18(21,22)23)6-15(28)25-27/h1-2,7,11-13H,3-6,8-9H2. The van der Waals surface area contributed by atoms with Gasteiger partial charge in [-0.25, -0.2) is 18.9 Å². The summed E-state index contributed by atoms with van der Waals surface area (Å²) in [6.45, 7) is -0.0978. The lowest BCUT2D eigenvalue weighted by molar-refractivity contribution is -0.183. The number of hydrogen-bond donors (Lipinski definition) is 0. The molecule has 2 aliphatic rings. The number of nitrogens with zero attached hydrogens (tertiary/aromatic N) is 5.